The third-order valence-corrected chi connectivity index (χ3v) is 3.63. The third kappa shape index (κ3) is 2.47. The summed E-state index contributed by atoms with van der Waals surface area (Å²) >= 11 is 0. The predicted octanol–water partition coefficient (Wildman–Crippen LogP) is 1.05. The maximum atomic E-state index is 10.3. The third-order valence-electron chi connectivity index (χ3n) is 3.63. The van der Waals surface area contributed by atoms with Gasteiger partial charge in [0.05, 0.1) is 5.60 Å². The number of hydrogen-bond donors (Lipinski definition) is 2. The van der Waals surface area contributed by atoms with Gasteiger partial charge >= 0.3 is 0 Å². The van der Waals surface area contributed by atoms with Crippen LogP contribution in [0.15, 0.2) is 0 Å². The Bertz CT molecular complexity index is 192. The van der Waals surface area contributed by atoms with Crippen LogP contribution in [0, 0.1) is 5.92 Å². The zero-order valence-corrected chi connectivity index (χ0v) is 8.74. The van der Waals surface area contributed by atoms with Crippen LogP contribution < -0.4 is 5.73 Å². The smallest absolute Gasteiger partial charge is 0.0665 e. The van der Waals surface area contributed by atoms with Gasteiger partial charge in [-0.3, -0.25) is 0 Å². The molecule has 0 radical (unpaired) electrons. The van der Waals surface area contributed by atoms with Gasteiger partial charge in [-0.1, -0.05) is 0 Å². The summed E-state index contributed by atoms with van der Waals surface area (Å²) in [5.74, 6) is 0.652. The Hall–Kier alpha value is -0.120. The van der Waals surface area contributed by atoms with Crippen molar-refractivity contribution in [3.05, 3.63) is 0 Å². The maximum absolute atomic E-state index is 10.3. The van der Waals surface area contributed by atoms with Crippen molar-refractivity contribution in [1.82, 2.24) is 0 Å². The number of ether oxygens (including phenoxy) is 1. The normalized spacial score (nSPS) is 40.3. The van der Waals surface area contributed by atoms with Crippen LogP contribution in [0.1, 0.15) is 38.5 Å². The summed E-state index contributed by atoms with van der Waals surface area (Å²) in [5.41, 5.74) is 5.37. The molecule has 0 amide bonds. The minimum Gasteiger partial charge on any atom is -0.390 e. The number of aliphatic hydroxyl groups is 1. The van der Waals surface area contributed by atoms with Crippen LogP contribution in [-0.2, 0) is 4.74 Å². The van der Waals surface area contributed by atoms with Crippen LogP contribution in [0.25, 0.3) is 0 Å². The summed E-state index contributed by atoms with van der Waals surface area (Å²) in [6.45, 7) is 1.74. The van der Waals surface area contributed by atoms with Gasteiger partial charge in [0.1, 0.15) is 0 Å². The fourth-order valence-corrected chi connectivity index (χ4v) is 2.82. The molecule has 0 aromatic carbocycles. The lowest BCUT2D eigenvalue weighted by molar-refractivity contribution is -0.00798. The second-order valence-electron chi connectivity index (χ2n) is 4.99. The number of rotatable bonds is 2. The summed E-state index contributed by atoms with van der Waals surface area (Å²) in [7, 11) is 0. The molecular weight excluding hydrogens is 178 g/mol. The molecule has 1 aliphatic heterocycles. The summed E-state index contributed by atoms with van der Waals surface area (Å²) in [6, 6.07) is 0.222. The molecule has 3 heteroatoms. The van der Waals surface area contributed by atoms with E-state index < -0.39 is 5.60 Å². The molecule has 3 nitrogen and oxygen atoms in total. The first-order chi connectivity index (χ1) is 6.68. The fourth-order valence-electron chi connectivity index (χ4n) is 2.82. The van der Waals surface area contributed by atoms with Crippen molar-refractivity contribution in [3.8, 4) is 0 Å². The lowest BCUT2D eigenvalue weighted by Crippen LogP contribution is -2.32. The highest BCUT2D eigenvalue weighted by molar-refractivity contribution is 4.92. The van der Waals surface area contributed by atoms with Gasteiger partial charge in [-0.15, -0.1) is 0 Å². The van der Waals surface area contributed by atoms with Crippen molar-refractivity contribution in [2.75, 3.05) is 13.2 Å². The van der Waals surface area contributed by atoms with Gasteiger partial charge in [0.15, 0.2) is 0 Å². The zero-order valence-electron chi connectivity index (χ0n) is 8.74. The van der Waals surface area contributed by atoms with Gasteiger partial charge in [-0.25, -0.2) is 0 Å². The summed E-state index contributed by atoms with van der Waals surface area (Å²) in [4.78, 5) is 0. The first-order valence-corrected chi connectivity index (χ1v) is 5.74. The molecule has 0 aromatic heterocycles. The van der Waals surface area contributed by atoms with Crippen molar-refractivity contribution in [3.63, 3.8) is 0 Å². The van der Waals surface area contributed by atoms with Gasteiger partial charge in [0.2, 0.25) is 0 Å². The van der Waals surface area contributed by atoms with E-state index in [1.165, 1.54) is 0 Å². The number of hydrogen-bond acceptors (Lipinski definition) is 3. The van der Waals surface area contributed by atoms with Gasteiger partial charge in [-0.05, 0) is 44.4 Å². The molecule has 2 atom stereocenters. The maximum Gasteiger partial charge on any atom is 0.0665 e. The van der Waals surface area contributed by atoms with E-state index in [-0.39, 0.29) is 6.04 Å². The highest BCUT2D eigenvalue weighted by Gasteiger charge is 2.37. The summed E-state index contributed by atoms with van der Waals surface area (Å²) in [5, 5.41) is 10.3. The SMILES string of the molecule is NC1CCC(O)(CC2CCOCC2)C1. The average molecular weight is 199 g/mol. The Labute approximate surface area is 85.6 Å². The van der Waals surface area contributed by atoms with Crippen molar-refractivity contribution in [1.29, 1.82) is 0 Å². The predicted molar refractivity (Wildman–Crippen MR) is 54.9 cm³/mol. The van der Waals surface area contributed by atoms with E-state index in [0.29, 0.717) is 5.92 Å². The minimum absolute atomic E-state index is 0.222. The highest BCUT2D eigenvalue weighted by Crippen LogP contribution is 2.36. The molecule has 2 rings (SSSR count). The van der Waals surface area contributed by atoms with Gasteiger partial charge < -0.3 is 15.6 Å². The van der Waals surface area contributed by atoms with E-state index in [2.05, 4.69) is 0 Å². The molecule has 82 valence electrons. The van der Waals surface area contributed by atoms with E-state index in [9.17, 15) is 5.11 Å². The van der Waals surface area contributed by atoms with E-state index in [4.69, 9.17) is 10.5 Å². The Morgan fingerprint density at radius 2 is 2.00 bits per heavy atom. The van der Waals surface area contributed by atoms with E-state index in [1.807, 2.05) is 0 Å². The molecule has 2 fully saturated rings. The zero-order chi connectivity index (χ0) is 10.0. The highest BCUT2D eigenvalue weighted by atomic mass is 16.5. The van der Waals surface area contributed by atoms with Crippen LogP contribution in [0.2, 0.25) is 0 Å². The largest absolute Gasteiger partial charge is 0.390 e. The lowest BCUT2D eigenvalue weighted by Gasteiger charge is -2.30. The molecule has 1 saturated heterocycles. The van der Waals surface area contributed by atoms with Crippen molar-refractivity contribution < 1.29 is 9.84 Å². The second kappa shape index (κ2) is 4.17. The minimum atomic E-state index is -0.457. The van der Waals surface area contributed by atoms with Crippen LogP contribution >= 0.6 is 0 Å². The fraction of sp³-hybridized carbons (Fsp3) is 1.00. The van der Waals surface area contributed by atoms with Gasteiger partial charge in [0.25, 0.3) is 0 Å². The van der Waals surface area contributed by atoms with Gasteiger partial charge in [0, 0.05) is 19.3 Å². The van der Waals surface area contributed by atoms with Crippen LogP contribution in [-0.4, -0.2) is 30.0 Å². The van der Waals surface area contributed by atoms with Crippen LogP contribution in [0.4, 0.5) is 0 Å². The molecule has 1 aliphatic carbocycles. The molecule has 1 saturated carbocycles. The van der Waals surface area contributed by atoms with Crippen LogP contribution in [0.5, 0.6) is 0 Å². The number of nitrogens with two attached hydrogens (primary N) is 1. The molecule has 0 bridgehead atoms. The standard InChI is InChI=1S/C11H21NO2/c12-10-1-4-11(13,8-10)7-9-2-5-14-6-3-9/h9-10,13H,1-8,12H2. The molecule has 1 heterocycles. The summed E-state index contributed by atoms with van der Waals surface area (Å²) < 4.78 is 5.31. The molecule has 2 aliphatic rings. The van der Waals surface area contributed by atoms with E-state index >= 15 is 0 Å². The molecule has 3 N–H and O–H groups in total. The average Bonchev–Trinajstić information content (AvgIpc) is 2.47. The molecule has 0 spiro atoms. The Balaban J connectivity index is 1.83. The first kappa shape index (κ1) is 10.4. The Kier molecular flexibility index (Phi) is 3.10. The van der Waals surface area contributed by atoms with Crippen molar-refractivity contribution in [2.45, 2.75) is 50.2 Å². The Morgan fingerprint density at radius 3 is 2.57 bits per heavy atom. The van der Waals surface area contributed by atoms with Crippen molar-refractivity contribution >= 4 is 0 Å². The van der Waals surface area contributed by atoms with Crippen LogP contribution in [0.3, 0.4) is 0 Å². The van der Waals surface area contributed by atoms with E-state index in [1.54, 1.807) is 0 Å². The van der Waals surface area contributed by atoms with Crippen molar-refractivity contribution in [2.24, 2.45) is 11.7 Å². The quantitative estimate of drug-likeness (QED) is 0.699. The molecule has 0 aromatic rings. The first-order valence-electron chi connectivity index (χ1n) is 5.74. The molecule has 14 heavy (non-hydrogen) atoms. The molecular formula is C11H21NO2. The molecule has 2 unspecified atom stereocenters. The monoisotopic (exact) mass is 199 g/mol. The second-order valence-corrected chi connectivity index (χ2v) is 4.99. The Morgan fingerprint density at radius 1 is 1.29 bits per heavy atom. The topological polar surface area (TPSA) is 55.5 Å². The lowest BCUT2D eigenvalue weighted by atomic mass is 9.85. The van der Waals surface area contributed by atoms with E-state index in [0.717, 1.165) is 51.7 Å². The van der Waals surface area contributed by atoms with Gasteiger partial charge in [-0.2, -0.15) is 0 Å². The summed E-state index contributed by atoms with van der Waals surface area (Å²) in [6.07, 6.45) is 5.83.